The Morgan fingerprint density at radius 1 is 0.941 bits per heavy atom. The number of anilines is 1. The molecule has 3 heteroatoms. The Morgan fingerprint density at radius 2 is 1.76 bits per heavy atom. The Balaban J connectivity index is 2.03. The first-order valence-corrected chi connectivity index (χ1v) is 5.45. The Morgan fingerprint density at radius 3 is 2.59 bits per heavy atom. The third-order valence-corrected chi connectivity index (χ3v) is 2.70. The van der Waals surface area contributed by atoms with Gasteiger partial charge in [0, 0.05) is 17.6 Å². The number of phenolic OH excluding ortho intramolecular Hbond substituents is 1. The maximum atomic E-state index is 9.50. The second-order valence-electron chi connectivity index (χ2n) is 3.91. The normalized spacial score (nSPS) is 10.6. The molecular weight excluding hydrogens is 212 g/mol. The highest BCUT2D eigenvalue weighted by Crippen LogP contribution is 2.21. The third-order valence-electron chi connectivity index (χ3n) is 2.70. The van der Waals surface area contributed by atoms with Crippen LogP contribution < -0.4 is 5.43 Å². The molecule has 0 saturated carbocycles. The van der Waals surface area contributed by atoms with Crippen molar-refractivity contribution in [2.24, 2.45) is 0 Å². The van der Waals surface area contributed by atoms with Crippen molar-refractivity contribution in [3.05, 3.63) is 60.8 Å². The van der Waals surface area contributed by atoms with Crippen LogP contribution in [0.5, 0.6) is 5.75 Å². The topological polar surface area (TPSA) is 37.2 Å². The highest BCUT2D eigenvalue weighted by atomic mass is 16.3. The van der Waals surface area contributed by atoms with Crippen LogP contribution in [-0.2, 0) is 0 Å². The van der Waals surface area contributed by atoms with E-state index in [9.17, 15) is 5.11 Å². The molecule has 0 aliphatic rings. The zero-order valence-electron chi connectivity index (χ0n) is 9.17. The predicted octanol–water partition coefficient (Wildman–Crippen LogP) is 3.22. The van der Waals surface area contributed by atoms with Gasteiger partial charge in [0.25, 0.3) is 0 Å². The van der Waals surface area contributed by atoms with Crippen LogP contribution in [0.15, 0.2) is 60.8 Å². The van der Waals surface area contributed by atoms with Gasteiger partial charge in [-0.25, -0.2) is 0 Å². The summed E-state index contributed by atoms with van der Waals surface area (Å²) >= 11 is 0. The molecule has 3 rings (SSSR count). The maximum absolute atomic E-state index is 9.50. The first kappa shape index (κ1) is 9.78. The molecule has 0 amide bonds. The number of para-hydroxylation sites is 1. The fourth-order valence-corrected chi connectivity index (χ4v) is 1.87. The lowest BCUT2D eigenvalue weighted by atomic mass is 10.2. The largest absolute Gasteiger partial charge is 0.508 e. The molecule has 17 heavy (non-hydrogen) atoms. The number of phenols is 1. The zero-order valence-corrected chi connectivity index (χ0v) is 9.17. The van der Waals surface area contributed by atoms with E-state index in [1.807, 2.05) is 53.3 Å². The van der Waals surface area contributed by atoms with E-state index < -0.39 is 0 Å². The summed E-state index contributed by atoms with van der Waals surface area (Å²) in [6, 6.07) is 17.3. The standard InChI is InChI=1S/C14H12N2O/c17-13-7-6-11-8-9-16(14(11)10-13)15-12-4-2-1-3-5-12/h1-10,15,17H. The molecule has 0 unspecified atom stereocenters. The molecule has 1 heterocycles. The van der Waals surface area contributed by atoms with Crippen molar-refractivity contribution < 1.29 is 5.11 Å². The van der Waals surface area contributed by atoms with Crippen LogP contribution in [0.25, 0.3) is 10.9 Å². The number of benzene rings is 2. The molecule has 0 spiro atoms. The Kier molecular flexibility index (Phi) is 2.22. The lowest BCUT2D eigenvalue weighted by Gasteiger charge is -2.09. The number of hydrogen-bond acceptors (Lipinski definition) is 2. The van der Waals surface area contributed by atoms with Crippen LogP contribution >= 0.6 is 0 Å². The van der Waals surface area contributed by atoms with Crippen molar-refractivity contribution >= 4 is 16.6 Å². The number of fused-ring (bicyclic) bond motifs is 1. The van der Waals surface area contributed by atoms with Gasteiger partial charge in [0.2, 0.25) is 0 Å². The zero-order chi connectivity index (χ0) is 11.7. The number of aromatic nitrogens is 1. The molecular formula is C14H12N2O. The monoisotopic (exact) mass is 224 g/mol. The number of nitrogens with one attached hydrogen (secondary N) is 1. The van der Waals surface area contributed by atoms with Crippen molar-refractivity contribution in [3.8, 4) is 5.75 Å². The van der Waals surface area contributed by atoms with Crippen molar-refractivity contribution in [1.29, 1.82) is 0 Å². The van der Waals surface area contributed by atoms with Gasteiger partial charge in [-0.1, -0.05) is 18.2 Å². The average Bonchev–Trinajstić information content (AvgIpc) is 2.73. The fraction of sp³-hybridized carbons (Fsp3) is 0. The summed E-state index contributed by atoms with van der Waals surface area (Å²) in [7, 11) is 0. The lowest BCUT2D eigenvalue weighted by Crippen LogP contribution is -2.06. The van der Waals surface area contributed by atoms with E-state index in [2.05, 4.69) is 5.43 Å². The third kappa shape index (κ3) is 1.83. The van der Waals surface area contributed by atoms with Crippen molar-refractivity contribution in [2.75, 3.05) is 5.43 Å². The minimum Gasteiger partial charge on any atom is -0.508 e. The highest BCUT2D eigenvalue weighted by Gasteiger charge is 2.01. The molecule has 2 aromatic carbocycles. The van der Waals surface area contributed by atoms with E-state index in [-0.39, 0.29) is 5.75 Å². The van der Waals surface area contributed by atoms with Gasteiger partial charge in [-0.15, -0.1) is 0 Å². The summed E-state index contributed by atoms with van der Waals surface area (Å²) in [5, 5.41) is 10.6. The minimum absolute atomic E-state index is 0.271. The van der Waals surface area contributed by atoms with Gasteiger partial charge >= 0.3 is 0 Å². The van der Waals surface area contributed by atoms with Gasteiger partial charge in [0.1, 0.15) is 5.75 Å². The van der Waals surface area contributed by atoms with Gasteiger partial charge in [0.15, 0.2) is 0 Å². The molecule has 0 atom stereocenters. The van der Waals surface area contributed by atoms with E-state index >= 15 is 0 Å². The SMILES string of the molecule is Oc1ccc2ccn(Nc3ccccc3)c2c1. The van der Waals surface area contributed by atoms with Crippen molar-refractivity contribution in [1.82, 2.24) is 4.68 Å². The van der Waals surface area contributed by atoms with Crippen LogP contribution in [0.3, 0.4) is 0 Å². The summed E-state index contributed by atoms with van der Waals surface area (Å²) in [5.74, 6) is 0.271. The Bertz CT molecular complexity index is 644. The number of aromatic hydroxyl groups is 1. The van der Waals surface area contributed by atoms with Crippen LogP contribution in [0, 0.1) is 0 Å². The van der Waals surface area contributed by atoms with Gasteiger partial charge in [-0.05, 0) is 30.3 Å². The summed E-state index contributed by atoms with van der Waals surface area (Å²) in [5.41, 5.74) is 5.22. The van der Waals surface area contributed by atoms with E-state index in [1.165, 1.54) is 0 Å². The molecule has 0 aliphatic heterocycles. The molecule has 0 radical (unpaired) electrons. The molecule has 0 saturated heterocycles. The maximum Gasteiger partial charge on any atom is 0.117 e. The van der Waals surface area contributed by atoms with Gasteiger partial charge in [-0.3, -0.25) is 10.1 Å². The molecule has 1 aromatic heterocycles. The quantitative estimate of drug-likeness (QED) is 0.701. The lowest BCUT2D eigenvalue weighted by molar-refractivity contribution is 0.476. The van der Waals surface area contributed by atoms with E-state index in [0.29, 0.717) is 0 Å². The number of rotatable bonds is 2. The van der Waals surface area contributed by atoms with Crippen LogP contribution in [0.1, 0.15) is 0 Å². The predicted molar refractivity (Wildman–Crippen MR) is 69.1 cm³/mol. The first-order valence-electron chi connectivity index (χ1n) is 5.45. The van der Waals surface area contributed by atoms with E-state index in [4.69, 9.17) is 0 Å². The van der Waals surface area contributed by atoms with Crippen molar-refractivity contribution in [2.45, 2.75) is 0 Å². The smallest absolute Gasteiger partial charge is 0.117 e. The molecule has 0 fully saturated rings. The molecule has 0 aliphatic carbocycles. The van der Waals surface area contributed by atoms with Crippen LogP contribution in [-0.4, -0.2) is 9.78 Å². The highest BCUT2D eigenvalue weighted by molar-refractivity contribution is 5.82. The average molecular weight is 224 g/mol. The number of hydrogen-bond donors (Lipinski definition) is 2. The Labute approximate surface area is 98.9 Å². The van der Waals surface area contributed by atoms with E-state index in [0.717, 1.165) is 16.6 Å². The molecule has 0 bridgehead atoms. The van der Waals surface area contributed by atoms with Crippen LogP contribution in [0.2, 0.25) is 0 Å². The fourth-order valence-electron chi connectivity index (χ4n) is 1.87. The first-order chi connectivity index (χ1) is 8.33. The second kappa shape index (κ2) is 3.87. The summed E-state index contributed by atoms with van der Waals surface area (Å²) < 4.78 is 1.89. The van der Waals surface area contributed by atoms with Crippen molar-refractivity contribution in [3.63, 3.8) is 0 Å². The molecule has 3 nitrogen and oxygen atoms in total. The van der Waals surface area contributed by atoms with Gasteiger partial charge in [0.05, 0.1) is 11.2 Å². The number of nitrogens with zero attached hydrogens (tertiary/aromatic N) is 1. The molecule has 84 valence electrons. The summed E-state index contributed by atoms with van der Waals surface area (Å²) in [6.07, 6.45) is 1.94. The summed E-state index contributed by atoms with van der Waals surface area (Å²) in [4.78, 5) is 0. The van der Waals surface area contributed by atoms with E-state index in [1.54, 1.807) is 12.1 Å². The molecule has 2 N–H and O–H groups in total. The summed E-state index contributed by atoms with van der Waals surface area (Å²) in [6.45, 7) is 0. The minimum atomic E-state index is 0.271. The van der Waals surface area contributed by atoms with Crippen LogP contribution in [0.4, 0.5) is 5.69 Å². The molecule has 3 aromatic rings. The van der Waals surface area contributed by atoms with Gasteiger partial charge in [-0.2, -0.15) is 0 Å². The Hall–Kier alpha value is -2.42. The second-order valence-corrected chi connectivity index (χ2v) is 3.91. The van der Waals surface area contributed by atoms with Gasteiger partial charge < -0.3 is 5.11 Å².